The molecule has 0 bridgehead atoms. The van der Waals surface area contributed by atoms with Crippen LogP contribution in [0.3, 0.4) is 0 Å². The zero-order valence-corrected chi connectivity index (χ0v) is 14.3. The summed E-state index contributed by atoms with van der Waals surface area (Å²) in [4.78, 5) is 0. The molecule has 0 saturated heterocycles. The number of nitrogens with one attached hydrogen (secondary N) is 1. The molecule has 0 aromatic heterocycles. The van der Waals surface area contributed by atoms with E-state index in [4.69, 9.17) is 4.74 Å². The molecule has 2 aromatic rings. The molecule has 0 unspecified atom stereocenters. The van der Waals surface area contributed by atoms with Gasteiger partial charge in [0, 0.05) is 16.0 Å². The summed E-state index contributed by atoms with van der Waals surface area (Å²) in [5, 5.41) is 3.44. The zero-order chi connectivity index (χ0) is 16.0. The summed E-state index contributed by atoms with van der Waals surface area (Å²) in [6.45, 7) is 0. The summed E-state index contributed by atoms with van der Waals surface area (Å²) in [6, 6.07) is 11.3. The summed E-state index contributed by atoms with van der Waals surface area (Å²) < 4.78 is 20.9. The Morgan fingerprint density at radius 1 is 1.22 bits per heavy atom. The molecule has 2 nitrogen and oxygen atoms in total. The lowest BCUT2D eigenvalue weighted by atomic mass is 9.77. The first-order valence-electron chi connectivity index (χ1n) is 7.74. The second kappa shape index (κ2) is 5.68. The largest absolute Gasteiger partial charge is 0.496 e. The maximum Gasteiger partial charge on any atom is 0.146 e. The van der Waals surface area contributed by atoms with E-state index in [1.54, 1.807) is 13.2 Å². The number of rotatable bonds is 2. The summed E-state index contributed by atoms with van der Waals surface area (Å²) in [5.41, 5.74) is 2.73. The zero-order valence-electron chi connectivity index (χ0n) is 12.7. The number of benzene rings is 2. The highest BCUT2D eigenvalue weighted by atomic mass is 79.9. The van der Waals surface area contributed by atoms with Crippen molar-refractivity contribution in [3.05, 3.63) is 70.0 Å². The average Bonchev–Trinajstić information content (AvgIpc) is 3.04. The maximum atomic E-state index is 14.4. The van der Waals surface area contributed by atoms with Crippen LogP contribution in [-0.2, 0) is 0 Å². The fourth-order valence-corrected chi connectivity index (χ4v) is 4.22. The molecule has 0 fully saturated rings. The Hall–Kier alpha value is -1.81. The van der Waals surface area contributed by atoms with Gasteiger partial charge in [0.05, 0.1) is 18.8 Å². The normalized spacial score (nSPS) is 24.7. The van der Waals surface area contributed by atoms with Crippen LogP contribution >= 0.6 is 15.9 Å². The molecule has 23 heavy (non-hydrogen) atoms. The van der Waals surface area contributed by atoms with Crippen LogP contribution < -0.4 is 10.1 Å². The van der Waals surface area contributed by atoms with Crippen LogP contribution in [0.15, 0.2) is 53.0 Å². The van der Waals surface area contributed by atoms with E-state index in [0.29, 0.717) is 11.6 Å². The molecule has 4 heteroatoms. The van der Waals surface area contributed by atoms with Crippen LogP contribution in [0.25, 0.3) is 0 Å². The molecule has 1 aliphatic carbocycles. The van der Waals surface area contributed by atoms with Gasteiger partial charge in [-0.2, -0.15) is 0 Å². The number of ether oxygens (including phenoxy) is 1. The Morgan fingerprint density at radius 3 is 2.91 bits per heavy atom. The van der Waals surface area contributed by atoms with Crippen molar-refractivity contribution in [1.29, 1.82) is 0 Å². The molecular weight excluding hydrogens is 357 g/mol. The van der Waals surface area contributed by atoms with Gasteiger partial charge in [-0.25, -0.2) is 4.39 Å². The molecule has 0 spiro atoms. The number of para-hydroxylation sites is 1. The van der Waals surface area contributed by atoms with E-state index in [0.717, 1.165) is 27.8 Å². The van der Waals surface area contributed by atoms with Gasteiger partial charge < -0.3 is 10.1 Å². The molecule has 4 rings (SSSR count). The van der Waals surface area contributed by atoms with Gasteiger partial charge in [0.25, 0.3) is 0 Å². The van der Waals surface area contributed by atoms with Gasteiger partial charge in [-0.05, 0) is 42.2 Å². The van der Waals surface area contributed by atoms with Crippen molar-refractivity contribution in [2.75, 3.05) is 12.4 Å². The van der Waals surface area contributed by atoms with E-state index < -0.39 is 0 Å². The fraction of sp³-hybridized carbons (Fsp3) is 0.263. The molecule has 1 aliphatic heterocycles. The second-order valence-corrected chi connectivity index (χ2v) is 6.98. The van der Waals surface area contributed by atoms with Crippen molar-refractivity contribution in [2.24, 2.45) is 5.92 Å². The molecule has 0 amide bonds. The first kappa shape index (κ1) is 14.8. The van der Waals surface area contributed by atoms with Crippen molar-refractivity contribution < 1.29 is 9.13 Å². The highest BCUT2D eigenvalue weighted by Gasteiger charge is 2.39. The monoisotopic (exact) mass is 373 g/mol. The lowest BCUT2D eigenvalue weighted by Gasteiger charge is -2.38. The van der Waals surface area contributed by atoms with E-state index in [-0.39, 0.29) is 17.8 Å². The number of hydrogen-bond donors (Lipinski definition) is 1. The van der Waals surface area contributed by atoms with Crippen molar-refractivity contribution in [2.45, 2.75) is 18.4 Å². The Bertz CT molecular complexity index is 789. The topological polar surface area (TPSA) is 21.3 Å². The van der Waals surface area contributed by atoms with E-state index in [9.17, 15) is 4.39 Å². The highest BCUT2D eigenvalue weighted by molar-refractivity contribution is 9.10. The molecular formula is C19H17BrFNO. The van der Waals surface area contributed by atoms with Crippen LogP contribution in [-0.4, -0.2) is 7.11 Å². The minimum Gasteiger partial charge on any atom is -0.496 e. The molecule has 0 saturated carbocycles. The SMILES string of the molecule is COc1ccc(Br)cc1[C@@H]1Nc2c(F)cccc2[C@H]2C=CC[C@@H]21. The van der Waals surface area contributed by atoms with Crippen LogP contribution in [0.4, 0.5) is 10.1 Å². The highest BCUT2D eigenvalue weighted by Crippen LogP contribution is 2.51. The Morgan fingerprint density at radius 2 is 2.09 bits per heavy atom. The first-order chi connectivity index (χ1) is 11.2. The van der Waals surface area contributed by atoms with Crippen LogP contribution in [0, 0.1) is 11.7 Å². The van der Waals surface area contributed by atoms with Crippen molar-refractivity contribution >= 4 is 21.6 Å². The van der Waals surface area contributed by atoms with Gasteiger partial charge in [0.2, 0.25) is 0 Å². The third-order valence-electron chi connectivity index (χ3n) is 4.87. The molecule has 2 aromatic carbocycles. The third-order valence-corrected chi connectivity index (χ3v) is 5.37. The first-order valence-corrected chi connectivity index (χ1v) is 8.53. The standard InChI is InChI=1S/C19H17BrFNO/c1-23-17-9-8-11(20)10-15(17)18-13-5-2-4-12(13)14-6-3-7-16(21)19(14)22-18/h2-4,6-10,12-13,18,22H,5H2,1H3/t12-,13-,18+/m0/s1. The van der Waals surface area contributed by atoms with E-state index in [1.165, 1.54) is 6.07 Å². The lowest BCUT2D eigenvalue weighted by Crippen LogP contribution is -2.30. The predicted octanol–water partition coefficient (Wildman–Crippen LogP) is 5.42. The number of allylic oxidation sites excluding steroid dienone is 2. The summed E-state index contributed by atoms with van der Waals surface area (Å²) >= 11 is 3.54. The van der Waals surface area contributed by atoms with Gasteiger partial charge in [-0.15, -0.1) is 0 Å². The summed E-state index contributed by atoms with van der Waals surface area (Å²) in [6.07, 6.45) is 5.39. The van der Waals surface area contributed by atoms with Crippen LogP contribution in [0.2, 0.25) is 0 Å². The predicted molar refractivity (Wildman–Crippen MR) is 93.4 cm³/mol. The number of methoxy groups -OCH3 is 1. The van der Waals surface area contributed by atoms with Gasteiger partial charge in [0.1, 0.15) is 11.6 Å². The lowest BCUT2D eigenvalue weighted by molar-refractivity contribution is 0.379. The smallest absolute Gasteiger partial charge is 0.146 e. The molecule has 118 valence electrons. The van der Waals surface area contributed by atoms with Crippen LogP contribution in [0.5, 0.6) is 5.75 Å². The van der Waals surface area contributed by atoms with Gasteiger partial charge in [0.15, 0.2) is 0 Å². The molecule has 1 N–H and O–H groups in total. The Kier molecular flexibility index (Phi) is 3.64. The van der Waals surface area contributed by atoms with E-state index in [2.05, 4.69) is 39.5 Å². The average molecular weight is 374 g/mol. The van der Waals surface area contributed by atoms with E-state index in [1.807, 2.05) is 18.2 Å². The fourth-order valence-electron chi connectivity index (χ4n) is 3.84. The van der Waals surface area contributed by atoms with Crippen molar-refractivity contribution in [3.8, 4) is 5.75 Å². The molecule has 2 aliphatic rings. The Balaban J connectivity index is 1.85. The van der Waals surface area contributed by atoms with Crippen LogP contribution in [0.1, 0.15) is 29.5 Å². The third kappa shape index (κ3) is 2.36. The summed E-state index contributed by atoms with van der Waals surface area (Å²) in [7, 11) is 1.68. The van der Waals surface area contributed by atoms with E-state index >= 15 is 0 Å². The minimum atomic E-state index is -0.194. The second-order valence-electron chi connectivity index (χ2n) is 6.07. The van der Waals surface area contributed by atoms with Gasteiger partial charge in [-0.3, -0.25) is 0 Å². The maximum absolute atomic E-state index is 14.4. The number of hydrogen-bond acceptors (Lipinski definition) is 2. The molecule has 0 radical (unpaired) electrons. The number of anilines is 1. The minimum absolute atomic E-state index is 0.0202. The van der Waals surface area contributed by atoms with Crippen molar-refractivity contribution in [3.63, 3.8) is 0 Å². The molecule has 3 atom stereocenters. The van der Waals surface area contributed by atoms with Crippen molar-refractivity contribution in [1.82, 2.24) is 0 Å². The summed E-state index contributed by atoms with van der Waals surface area (Å²) in [5.74, 6) is 1.25. The van der Waals surface area contributed by atoms with Gasteiger partial charge >= 0.3 is 0 Å². The number of fused-ring (bicyclic) bond motifs is 3. The molecule has 1 heterocycles. The quantitative estimate of drug-likeness (QED) is 0.709. The van der Waals surface area contributed by atoms with Gasteiger partial charge in [-0.1, -0.05) is 40.2 Å². The Labute approximate surface area is 143 Å². The number of halogens is 2.